The fourth-order valence-corrected chi connectivity index (χ4v) is 7.00. The van der Waals surface area contributed by atoms with E-state index < -0.39 is 14.3 Å². The van der Waals surface area contributed by atoms with Gasteiger partial charge in [-0.15, -0.1) is 0 Å². The van der Waals surface area contributed by atoms with Crippen molar-refractivity contribution < 1.29 is 31.8 Å². The largest absolute Gasteiger partial charge is 0.493 e. The number of methoxy groups -OCH3 is 4. The Hall–Kier alpha value is -2.61. The molecule has 0 bridgehead atoms. The van der Waals surface area contributed by atoms with Gasteiger partial charge >= 0.3 is 0 Å². The van der Waals surface area contributed by atoms with E-state index in [2.05, 4.69) is 27.0 Å². The average molecular weight is 594 g/mol. The third-order valence-corrected chi connectivity index (χ3v) is 10.2. The van der Waals surface area contributed by atoms with Crippen molar-refractivity contribution in [2.24, 2.45) is 5.92 Å². The second-order valence-corrected chi connectivity index (χ2v) is 15.2. The highest BCUT2D eigenvalue weighted by atomic mass is 33.1. The highest BCUT2D eigenvalue weighted by molar-refractivity contribution is 8.71. The van der Waals surface area contributed by atoms with Gasteiger partial charge in [-0.2, -0.15) is 5.26 Å². The molecular weight excluding hydrogens is 548 g/mol. The molecule has 0 N–H and O–H groups in total. The van der Waals surface area contributed by atoms with E-state index >= 15 is 0 Å². The van der Waals surface area contributed by atoms with E-state index in [1.807, 2.05) is 36.4 Å². The van der Waals surface area contributed by atoms with Gasteiger partial charge in [0.25, 0.3) is 0 Å². The summed E-state index contributed by atoms with van der Waals surface area (Å²) in [6, 6.07) is 14.3. The summed E-state index contributed by atoms with van der Waals surface area (Å²) in [6.45, 7) is 6.47. The fraction of sp³-hybridized carbons (Fsp3) is 0.567. The Morgan fingerprint density at radius 3 is 2.00 bits per heavy atom. The molecule has 2 aromatic rings. The molecule has 0 spiro atoms. The lowest BCUT2D eigenvalue weighted by Crippen LogP contribution is -2.48. The number of hydrogen-bond donors (Lipinski definition) is 0. The molecule has 0 heterocycles. The van der Waals surface area contributed by atoms with Crippen molar-refractivity contribution in [3.63, 3.8) is 0 Å². The summed E-state index contributed by atoms with van der Waals surface area (Å²) in [4.78, 5) is 0. The molecule has 0 saturated heterocycles. The van der Waals surface area contributed by atoms with Gasteiger partial charge in [-0.05, 0) is 64.9 Å². The predicted octanol–water partition coefficient (Wildman–Crippen LogP) is 5.30. The zero-order valence-electron chi connectivity index (χ0n) is 25.2. The van der Waals surface area contributed by atoms with Gasteiger partial charge in [0.05, 0.1) is 72.4 Å². The first-order chi connectivity index (χ1) is 18.9. The van der Waals surface area contributed by atoms with Crippen LogP contribution in [0, 0.1) is 17.2 Å². The third-order valence-electron chi connectivity index (χ3n) is 7.67. The van der Waals surface area contributed by atoms with Gasteiger partial charge in [-0.25, -0.2) is 8.42 Å². The number of ether oxygens (including phenoxy) is 4. The molecule has 0 saturated carbocycles. The normalized spacial score (nSPS) is 14.6. The molecule has 2 rings (SSSR count). The van der Waals surface area contributed by atoms with Gasteiger partial charge in [0.2, 0.25) is 0 Å². The standard InChI is InChI=1S/C30H45N2O6S2/c1-23(2)30(22-31,25-11-13-27(36-5)29(21-25)38-7)15-9-16-32(3,18-19-39-40(8,33)34)17-14-24-10-12-26(35-4)28(20-24)37-6/h10-13,20-21,23H,9,14-19H2,1-8H3/q+1/t30-,32-/m0/s1. The van der Waals surface area contributed by atoms with Crippen molar-refractivity contribution in [2.75, 3.05) is 67.1 Å². The van der Waals surface area contributed by atoms with E-state index in [9.17, 15) is 13.7 Å². The Kier molecular flexibility index (Phi) is 12.5. The van der Waals surface area contributed by atoms with Crippen LogP contribution in [0.25, 0.3) is 0 Å². The van der Waals surface area contributed by atoms with E-state index in [1.54, 1.807) is 28.4 Å². The molecule has 40 heavy (non-hydrogen) atoms. The summed E-state index contributed by atoms with van der Waals surface area (Å²) in [5.41, 5.74) is 1.33. The average Bonchev–Trinajstić information content (AvgIpc) is 2.93. The second-order valence-electron chi connectivity index (χ2n) is 10.7. The lowest BCUT2D eigenvalue weighted by atomic mass is 9.69. The maximum atomic E-state index is 11.8. The summed E-state index contributed by atoms with van der Waals surface area (Å²) in [5.74, 6) is 3.18. The van der Waals surface area contributed by atoms with Gasteiger partial charge in [0.1, 0.15) is 0 Å². The van der Waals surface area contributed by atoms with Crippen LogP contribution in [0.2, 0.25) is 0 Å². The zero-order chi connectivity index (χ0) is 30.0. The number of nitrogens with zero attached hydrogens (tertiary/aromatic N) is 2. The highest BCUT2D eigenvalue weighted by Crippen LogP contribution is 2.40. The Bertz CT molecular complexity index is 1260. The fourth-order valence-electron chi connectivity index (χ4n) is 5.05. The monoisotopic (exact) mass is 593 g/mol. The summed E-state index contributed by atoms with van der Waals surface area (Å²) < 4.78 is 46.1. The summed E-state index contributed by atoms with van der Waals surface area (Å²) in [6.07, 6.45) is 3.51. The van der Waals surface area contributed by atoms with Gasteiger partial charge in [-0.1, -0.05) is 26.0 Å². The predicted molar refractivity (Wildman–Crippen MR) is 162 cm³/mol. The molecule has 10 heteroatoms. The molecule has 0 amide bonds. The number of benzene rings is 2. The molecule has 0 unspecified atom stereocenters. The smallest absolute Gasteiger partial charge is 0.198 e. The molecule has 0 aromatic heterocycles. The van der Waals surface area contributed by atoms with Crippen LogP contribution in [0.15, 0.2) is 36.4 Å². The zero-order valence-corrected chi connectivity index (χ0v) is 26.8. The lowest BCUT2D eigenvalue weighted by molar-refractivity contribution is -0.907. The first-order valence-electron chi connectivity index (χ1n) is 13.4. The van der Waals surface area contributed by atoms with Gasteiger partial charge in [-0.3, -0.25) is 0 Å². The summed E-state index contributed by atoms with van der Waals surface area (Å²) in [5, 5.41) is 10.5. The Morgan fingerprint density at radius 2 is 1.48 bits per heavy atom. The Balaban J connectivity index is 2.27. The highest BCUT2D eigenvalue weighted by Gasteiger charge is 2.37. The minimum Gasteiger partial charge on any atom is -0.493 e. The Morgan fingerprint density at radius 1 is 0.900 bits per heavy atom. The third kappa shape index (κ3) is 8.95. The second kappa shape index (κ2) is 14.9. The van der Waals surface area contributed by atoms with Crippen molar-refractivity contribution in [3.8, 4) is 29.1 Å². The van der Waals surface area contributed by atoms with E-state index in [0.29, 0.717) is 46.2 Å². The molecule has 2 aromatic carbocycles. The molecule has 0 aliphatic carbocycles. The molecule has 0 aliphatic heterocycles. The van der Waals surface area contributed by atoms with Crippen LogP contribution in [0.4, 0.5) is 0 Å². The lowest BCUT2D eigenvalue weighted by Gasteiger charge is -2.37. The van der Waals surface area contributed by atoms with Crippen molar-refractivity contribution in [3.05, 3.63) is 47.5 Å². The topological polar surface area (TPSA) is 94.9 Å². The molecule has 2 atom stereocenters. The van der Waals surface area contributed by atoms with Crippen molar-refractivity contribution in [2.45, 2.75) is 38.5 Å². The van der Waals surface area contributed by atoms with Crippen molar-refractivity contribution >= 4 is 19.7 Å². The molecular formula is C30H45N2O6S2+. The van der Waals surface area contributed by atoms with E-state index in [0.717, 1.165) is 47.9 Å². The van der Waals surface area contributed by atoms with Crippen LogP contribution in [0.3, 0.4) is 0 Å². The van der Waals surface area contributed by atoms with E-state index in [1.165, 1.54) is 6.26 Å². The van der Waals surface area contributed by atoms with Crippen LogP contribution in [-0.2, 0) is 20.7 Å². The first-order valence-corrected chi connectivity index (χ1v) is 16.8. The van der Waals surface area contributed by atoms with Crippen molar-refractivity contribution in [1.29, 1.82) is 5.26 Å². The number of hydrogen-bond acceptors (Lipinski definition) is 8. The molecule has 0 radical (unpaired) electrons. The van der Waals surface area contributed by atoms with Crippen molar-refractivity contribution in [1.82, 2.24) is 0 Å². The molecule has 0 aliphatic rings. The minimum atomic E-state index is -3.13. The summed E-state index contributed by atoms with van der Waals surface area (Å²) >= 11 is 0. The molecule has 8 nitrogen and oxygen atoms in total. The van der Waals surface area contributed by atoms with Crippen LogP contribution in [-0.4, -0.2) is 80.0 Å². The first kappa shape index (κ1) is 33.6. The quantitative estimate of drug-likeness (QED) is 0.180. The maximum absolute atomic E-state index is 11.8. The maximum Gasteiger partial charge on any atom is 0.198 e. The van der Waals surface area contributed by atoms with Gasteiger partial charge in [0.15, 0.2) is 31.9 Å². The van der Waals surface area contributed by atoms with E-state index in [-0.39, 0.29) is 5.92 Å². The van der Waals surface area contributed by atoms with Crippen LogP contribution in [0.1, 0.15) is 37.8 Å². The van der Waals surface area contributed by atoms with Crippen LogP contribution in [0.5, 0.6) is 23.0 Å². The molecule has 0 fully saturated rings. The van der Waals surface area contributed by atoms with Gasteiger partial charge < -0.3 is 23.4 Å². The number of nitriles is 1. The number of rotatable bonds is 17. The van der Waals surface area contributed by atoms with E-state index in [4.69, 9.17) is 18.9 Å². The minimum absolute atomic E-state index is 0.0712. The SMILES string of the molecule is COc1ccc(CC[N@+](C)(CCC[C@@](C#N)(c2ccc(OC)c(OC)c2)C(C)C)CCSS(C)(=O)=O)cc1OC. The summed E-state index contributed by atoms with van der Waals surface area (Å²) in [7, 11) is 6.47. The van der Waals surface area contributed by atoms with Gasteiger partial charge in [0, 0.05) is 12.7 Å². The number of quaternary nitrogens is 1. The molecule has 222 valence electrons. The Labute approximate surface area is 244 Å². The number of likely N-dealkylation sites (N-methyl/N-ethyl adjacent to an activating group) is 1. The van der Waals surface area contributed by atoms with Crippen LogP contribution >= 0.6 is 10.8 Å². The van der Waals surface area contributed by atoms with Crippen LogP contribution < -0.4 is 18.9 Å².